The smallest absolute Gasteiger partial charge is 0.0247 e. The summed E-state index contributed by atoms with van der Waals surface area (Å²) in [5.74, 6) is 0.892. The summed E-state index contributed by atoms with van der Waals surface area (Å²) in [5.41, 5.74) is 5.99. The van der Waals surface area contributed by atoms with E-state index in [1.807, 2.05) is 0 Å². The van der Waals surface area contributed by atoms with Gasteiger partial charge < -0.3 is 10.6 Å². The highest BCUT2D eigenvalue weighted by molar-refractivity contribution is 4.88. The maximum absolute atomic E-state index is 5.99. The van der Waals surface area contributed by atoms with Crippen LogP contribution in [0.25, 0.3) is 0 Å². The highest BCUT2D eigenvalue weighted by atomic mass is 15.3. The number of nitrogens with two attached hydrogens (primary N) is 1. The zero-order valence-electron chi connectivity index (χ0n) is 12.1. The summed E-state index contributed by atoms with van der Waals surface area (Å²) in [7, 11) is 4.30. The van der Waals surface area contributed by atoms with Crippen molar-refractivity contribution in [2.24, 2.45) is 11.7 Å². The molecule has 2 fully saturated rings. The van der Waals surface area contributed by atoms with Crippen LogP contribution in [-0.2, 0) is 0 Å². The first-order chi connectivity index (χ1) is 8.70. The summed E-state index contributed by atoms with van der Waals surface area (Å²) in [4.78, 5) is 7.50. The first kappa shape index (κ1) is 14.3. The monoisotopic (exact) mass is 254 g/mol. The third-order valence-corrected chi connectivity index (χ3v) is 4.67. The molecule has 4 heteroatoms. The zero-order chi connectivity index (χ0) is 13.0. The molecule has 0 radical (unpaired) electrons. The molecule has 18 heavy (non-hydrogen) atoms. The van der Waals surface area contributed by atoms with Crippen LogP contribution < -0.4 is 5.73 Å². The van der Waals surface area contributed by atoms with E-state index in [2.05, 4.69) is 28.8 Å². The molecular weight excluding hydrogens is 224 g/mol. The van der Waals surface area contributed by atoms with Crippen molar-refractivity contribution in [2.45, 2.75) is 25.3 Å². The first-order valence-corrected chi connectivity index (χ1v) is 7.52. The van der Waals surface area contributed by atoms with Crippen molar-refractivity contribution in [1.29, 1.82) is 0 Å². The zero-order valence-corrected chi connectivity index (χ0v) is 12.1. The van der Waals surface area contributed by atoms with Gasteiger partial charge in [-0.05, 0) is 32.9 Å². The predicted octanol–water partition coefficient (Wildman–Crippen LogP) is 0.293. The third kappa shape index (κ3) is 3.67. The molecule has 4 nitrogen and oxygen atoms in total. The molecule has 1 aliphatic carbocycles. The molecule has 0 aromatic heterocycles. The second kappa shape index (κ2) is 6.85. The van der Waals surface area contributed by atoms with Crippen LogP contribution in [0.15, 0.2) is 0 Å². The van der Waals surface area contributed by atoms with Gasteiger partial charge in [-0.2, -0.15) is 0 Å². The van der Waals surface area contributed by atoms with E-state index in [0.717, 1.165) is 12.5 Å². The lowest BCUT2D eigenvalue weighted by Crippen LogP contribution is -2.56. The van der Waals surface area contributed by atoms with Gasteiger partial charge in [0.25, 0.3) is 0 Å². The maximum atomic E-state index is 5.99. The average Bonchev–Trinajstić information content (AvgIpc) is 2.31. The lowest BCUT2D eigenvalue weighted by Gasteiger charge is -2.44. The Hall–Kier alpha value is -0.160. The van der Waals surface area contributed by atoms with Crippen LogP contribution in [0.4, 0.5) is 0 Å². The summed E-state index contributed by atoms with van der Waals surface area (Å²) in [6.07, 6.45) is 4.23. The molecule has 2 aliphatic rings. The lowest BCUT2D eigenvalue weighted by atomic mass is 9.79. The Bertz CT molecular complexity index is 232. The summed E-state index contributed by atoms with van der Waals surface area (Å²) in [5, 5.41) is 0. The topological polar surface area (TPSA) is 35.7 Å². The number of hydrogen-bond donors (Lipinski definition) is 1. The number of piperazine rings is 1. The number of hydrogen-bond acceptors (Lipinski definition) is 4. The summed E-state index contributed by atoms with van der Waals surface area (Å²) in [6.45, 7) is 8.09. The van der Waals surface area contributed by atoms with Crippen LogP contribution in [0.5, 0.6) is 0 Å². The molecule has 0 spiro atoms. The number of likely N-dealkylation sites (N-methyl/N-ethyl adjacent to an activating group) is 1. The molecule has 106 valence electrons. The molecule has 1 aliphatic heterocycles. The number of nitrogens with zero attached hydrogens (tertiary/aromatic N) is 3. The molecule has 1 saturated carbocycles. The molecule has 1 saturated heterocycles. The fraction of sp³-hybridized carbons (Fsp3) is 1.00. The van der Waals surface area contributed by atoms with Gasteiger partial charge in [-0.25, -0.2) is 0 Å². The van der Waals surface area contributed by atoms with Crippen molar-refractivity contribution >= 4 is 0 Å². The normalized spacial score (nSPS) is 25.3. The Morgan fingerprint density at radius 2 is 1.83 bits per heavy atom. The molecule has 0 bridgehead atoms. The van der Waals surface area contributed by atoms with Crippen molar-refractivity contribution in [3.8, 4) is 0 Å². The van der Waals surface area contributed by atoms with Crippen LogP contribution in [0.1, 0.15) is 19.3 Å². The second-order valence-electron chi connectivity index (χ2n) is 6.17. The molecule has 0 aromatic carbocycles. The van der Waals surface area contributed by atoms with Gasteiger partial charge in [0.1, 0.15) is 0 Å². The van der Waals surface area contributed by atoms with E-state index in [9.17, 15) is 0 Å². The highest BCUT2D eigenvalue weighted by Gasteiger charge is 2.32. The van der Waals surface area contributed by atoms with Crippen molar-refractivity contribution in [3.05, 3.63) is 0 Å². The Morgan fingerprint density at radius 1 is 1.17 bits per heavy atom. The van der Waals surface area contributed by atoms with E-state index in [0.29, 0.717) is 6.04 Å². The van der Waals surface area contributed by atoms with E-state index < -0.39 is 0 Å². The molecule has 1 atom stereocenters. The minimum absolute atomic E-state index is 0.662. The van der Waals surface area contributed by atoms with Gasteiger partial charge in [0.2, 0.25) is 0 Å². The van der Waals surface area contributed by atoms with Crippen LogP contribution in [-0.4, -0.2) is 80.7 Å². The Labute approximate surface area is 112 Å². The second-order valence-corrected chi connectivity index (χ2v) is 6.17. The van der Waals surface area contributed by atoms with Gasteiger partial charge in [0.05, 0.1) is 0 Å². The van der Waals surface area contributed by atoms with Crippen molar-refractivity contribution in [3.63, 3.8) is 0 Å². The number of rotatable bonds is 6. The van der Waals surface area contributed by atoms with Crippen LogP contribution in [0.3, 0.4) is 0 Å². The average molecular weight is 254 g/mol. The quantitative estimate of drug-likeness (QED) is 0.739. The predicted molar refractivity (Wildman–Crippen MR) is 76.8 cm³/mol. The van der Waals surface area contributed by atoms with Gasteiger partial charge >= 0.3 is 0 Å². The van der Waals surface area contributed by atoms with Gasteiger partial charge in [0, 0.05) is 51.9 Å². The Kier molecular flexibility index (Phi) is 5.42. The van der Waals surface area contributed by atoms with Crippen molar-refractivity contribution in [1.82, 2.24) is 14.7 Å². The summed E-state index contributed by atoms with van der Waals surface area (Å²) >= 11 is 0. The maximum Gasteiger partial charge on any atom is 0.0247 e. The van der Waals surface area contributed by atoms with E-state index in [1.165, 1.54) is 58.5 Å². The fourth-order valence-corrected chi connectivity index (χ4v) is 3.12. The minimum Gasteiger partial charge on any atom is -0.329 e. The third-order valence-electron chi connectivity index (χ3n) is 4.67. The first-order valence-electron chi connectivity index (χ1n) is 7.52. The van der Waals surface area contributed by atoms with Crippen molar-refractivity contribution < 1.29 is 0 Å². The van der Waals surface area contributed by atoms with Gasteiger partial charge in [0.15, 0.2) is 0 Å². The van der Waals surface area contributed by atoms with Crippen LogP contribution >= 0.6 is 0 Å². The molecule has 1 unspecified atom stereocenters. The SMILES string of the molecule is CN(C)CCN1CCN(C(CN)C2CCC2)CC1. The van der Waals surface area contributed by atoms with Gasteiger partial charge in [-0.3, -0.25) is 9.80 Å². The summed E-state index contributed by atoms with van der Waals surface area (Å²) < 4.78 is 0. The largest absolute Gasteiger partial charge is 0.329 e. The standard InChI is InChI=1S/C14H30N4/c1-16(2)6-7-17-8-10-18(11-9-17)14(12-15)13-4-3-5-13/h13-14H,3-12,15H2,1-2H3. The molecule has 1 heterocycles. The fourth-order valence-electron chi connectivity index (χ4n) is 3.12. The van der Waals surface area contributed by atoms with E-state index in [1.54, 1.807) is 0 Å². The van der Waals surface area contributed by atoms with Crippen LogP contribution in [0.2, 0.25) is 0 Å². The van der Waals surface area contributed by atoms with E-state index in [4.69, 9.17) is 5.73 Å². The molecule has 0 amide bonds. The molecule has 2 N–H and O–H groups in total. The van der Waals surface area contributed by atoms with Crippen LogP contribution in [0, 0.1) is 5.92 Å². The van der Waals surface area contributed by atoms with Gasteiger partial charge in [-0.15, -0.1) is 0 Å². The van der Waals surface area contributed by atoms with Crippen molar-refractivity contribution in [2.75, 3.05) is 59.9 Å². The Morgan fingerprint density at radius 3 is 2.28 bits per heavy atom. The highest BCUT2D eigenvalue weighted by Crippen LogP contribution is 2.32. The lowest BCUT2D eigenvalue weighted by molar-refractivity contribution is 0.0482. The van der Waals surface area contributed by atoms with Gasteiger partial charge in [-0.1, -0.05) is 6.42 Å². The minimum atomic E-state index is 0.662. The summed E-state index contributed by atoms with van der Waals surface area (Å²) in [6, 6.07) is 0.662. The van der Waals surface area contributed by atoms with E-state index >= 15 is 0 Å². The van der Waals surface area contributed by atoms with E-state index in [-0.39, 0.29) is 0 Å². The molecular formula is C14H30N4. The molecule has 2 rings (SSSR count). The Balaban J connectivity index is 1.71. The molecule has 0 aromatic rings.